The Morgan fingerprint density at radius 1 is 1.00 bits per heavy atom. The Kier molecular flexibility index (Phi) is 3.66. The van der Waals surface area contributed by atoms with Crippen molar-refractivity contribution >= 4 is 11.9 Å². The number of carboxylic acids is 2. The van der Waals surface area contributed by atoms with E-state index in [1.54, 1.807) is 0 Å². The molecular formula is C10H10O7. The number of benzene rings is 1. The Labute approximate surface area is 95.2 Å². The molecule has 1 aromatic rings. The molecular weight excluding hydrogens is 232 g/mol. The van der Waals surface area contributed by atoms with Crippen molar-refractivity contribution in [1.82, 2.24) is 0 Å². The van der Waals surface area contributed by atoms with Gasteiger partial charge in [-0.2, -0.15) is 0 Å². The summed E-state index contributed by atoms with van der Waals surface area (Å²) in [7, 11) is 0. The number of phenols is 1. The molecule has 5 N–H and O–H groups in total. The molecule has 0 heterocycles. The van der Waals surface area contributed by atoms with Gasteiger partial charge in [0.25, 0.3) is 0 Å². The molecule has 0 fully saturated rings. The molecule has 0 aliphatic carbocycles. The normalized spacial score (nSPS) is 14.0. The molecule has 0 saturated carbocycles. The fourth-order valence-electron chi connectivity index (χ4n) is 1.36. The van der Waals surface area contributed by atoms with Gasteiger partial charge in [-0.3, -0.25) is 0 Å². The van der Waals surface area contributed by atoms with Crippen LogP contribution in [0.15, 0.2) is 18.2 Å². The Balaban J connectivity index is 3.36. The minimum Gasteiger partial charge on any atom is -0.508 e. The lowest BCUT2D eigenvalue weighted by Crippen LogP contribution is -2.18. The zero-order chi connectivity index (χ0) is 13.2. The van der Waals surface area contributed by atoms with Gasteiger partial charge >= 0.3 is 11.9 Å². The summed E-state index contributed by atoms with van der Waals surface area (Å²) in [6.45, 7) is 0. The molecule has 0 aliphatic heterocycles. The minimum absolute atomic E-state index is 0.368. The highest BCUT2D eigenvalue weighted by molar-refractivity contribution is 5.79. The maximum Gasteiger partial charge on any atom is 0.337 e. The fraction of sp³-hybridized carbons (Fsp3) is 0.200. The van der Waals surface area contributed by atoms with Crippen molar-refractivity contribution < 1.29 is 35.1 Å². The molecule has 1 rings (SSSR count). The standard InChI is InChI=1S/C10H10O7/c11-5-3-1-2-4(7(12)9(14)15)6(5)8(13)10(16)17/h1-3,7-8,11-13H,(H,14,15)(H,16,17). The van der Waals surface area contributed by atoms with Gasteiger partial charge in [0.1, 0.15) is 5.75 Å². The van der Waals surface area contributed by atoms with E-state index in [1.807, 2.05) is 0 Å². The Hall–Kier alpha value is -2.12. The van der Waals surface area contributed by atoms with Crippen molar-refractivity contribution in [2.45, 2.75) is 12.2 Å². The van der Waals surface area contributed by atoms with Gasteiger partial charge in [0, 0.05) is 11.1 Å². The summed E-state index contributed by atoms with van der Waals surface area (Å²) in [5.41, 5.74) is -0.901. The van der Waals surface area contributed by atoms with Gasteiger partial charge in [-0.15, -0.1) is 0 Å². The van der Waals surface area contributed by atoms with E-state index in [0.29, 0.717) is 0 Å². The lowest BCUT2D eigenvalue weighted by molar-refractivity contribution is -0.149. The highest BCUT2D eigenvalue weighted by Gasteiger charge is 2.28. The van der Waals surface area contributed by atoms with Crippen molar-refractivity contribution in [3.8, 4) is 5.75 Å². The molecule has 0 saturated heterocycles. The number of rotatable bonds is 4. The third-order valence-corrected chi connectivity index (χ3v) is 2.15. The zero-order valence-electron chi connectivity index (χ0n) is 8.44. The molecule has 2 atom stereocenters. The van der Waals surface area contributed by atoms with Crippen LogP contribution in [-0.2, 0) is 9.59 Å². The first kappa shape index (κ1) is 12.9. The number of hydrogen-bond acceptors (Lipinski definition) is 5. The number of aliphatic hydroxyl groups excluding tert-OH is 2. The van der Waals surface area contributed by atoms with Gasteiger partial charge in [-0.25, -0.2) is 9.59 Å². The molecule has 17 heavy (non-hydrogen) atoms. The summed E-state index contributed by atoms with van der Waals surface area (Å²) in [5.74, 6) is -3.88. The quantitative estimate of drug-likeness (QED) is 0.486. The number of phenolic OH excluding ortho intramolecular Hbond substituents is 1. The van der Waals surface area contributed by atoms with Crippen molar-refractivity contribution in [2.75, 3.05) is 0 Å². The highest BCUT2D eigenvalue weighted by atomic mass is 16.4. The Morgan fingerprint density at radius 3 is 2.00 bits per heavy atom. The summed E-state index contributed by atoms with van der Waals surface area (Å²) in [4.78, 5) is 21.2. The molecule has 0 bridgehead atoms. The monoisotopic (exact) mass is 242 g/mol. The molecule has 1 aromatic carbocycles. The van der Waals surface area contributed by atoms with Gasteiger partial charge in [0.05, 0.1) is 0 Å². The number of aliphatic hydroxyl groups is 2. The third kappa shape index (κ3) is 2.52. The fourth-order valence-corrected chi connectivity index (χ4v) is 1.36. The maximum atomic E-state index is 10.6. The van der Waals surface area contributed by atoms with Crippen LogP contribution >= 0.6 is 0 Å². The maximum absolute atomic E-state index is 10.6. The number of carboxylic acid groups (broad SMARTS) is 2. The van der Waals surface area contributed by atoms with Crippen LogP contribution in [-0.4, -0.2) is 37.5 Å². The molecule has 0 spiro atoms. The van der Waals surface area contributed by atoms with Crippen LogP contribution in [0.5, 0.6) is 5.75 Å². The number of aliphatic carboxylic acids is 2. The van der Waals surface area contributed by atoms with Crippen LogP contribution in [0, 0.1) is 0 Å². The van der Waals surface area contributed by atoms with E-state index in [2.05, 4.69) is 0 Å². The summed E-state index contributed by atoms with van der Waals surface area (Å²) in [5, 5.41) is 45.3. The minimum atomic E-state index is -2.11. The van der Waals surface area contributed by atoms with Crippen LogP contribution in [0.25, 0.3) is 0 Å². The first-order valence-electron chi connectivity index (χ1n) is 4.49. The summed E-state index contributed by atoms with van der Waals surface area (Å²) >= 11 is 0. The molecule has 0 amide bonds. The van der Waals surface area contributed by atoms with E-state index < -0.39 is 35.5 Å². The average molecular weight is 242 g/mol. The van der Waals surface area contributed by atoms with E-state index in [-0.39, 0.29) is 5.56 Å². The second-order valence-corrected chi connectivity index (χ2v) is 3.26. The van der Waals surface area contributed by atoms with Crippen LogP contribution in [0.1, 0.15) is 23.3 Å². The predicted octanol–water partition coefficient (Wildman–Crippen LogP) is -0.372. The van der Waals surface area contributed by atoms with Crippen molar-refractivity contribution in [3.05, 3.63) is 29.3 Å². The lowest BCUT2D eigenvalue weighted by Gasteiger charge is -2.15. The highest BCUT2D eigenvalue weighted by Crippen LogP contribution is 2.31. The number of aromatic hydroxyl groups is 1. The van der Waals surface area contributed by atoms with Crippen LogP contribution in [0.4, 0.5) is 0 Å². The van der Waals surface area contributed by atoms with Gasteiger partial charge < -0.3 is 25.5 Å². The van der Waals surface area contributed by atoms with Gasteiger partial charge in [0.2, 0.25) is 0 Å². The molecule has 2 unspecified atom stereocenters. The Bertz CT molecular complexity index is 454. The van der Waals surface area contributed by atoms with Crippen LogP contribution in [0.2, 0.25) is 0 Å². The number of carbonyl (C=O) groups is 2. The van der Waals surface area contributed by atoms with Crippen LogP contribution < -0.4 is 0 Å². The molecule has 7 heteroatoms. The van der Waals surface area contributed by atoms with Crippen molar-refractivity contribution in [3.63, 3.8) is 0 Å². The lowest BCUT2D eigenvalue weighted by atomic mass is 9.97. The summed E-state index contributed by atoms with van der Waals surface area (Å²) < 4.78 is 0. The summed E-state index contributed by atoms with van der Waals surface area (Å²) in [6, 6.07) is 3.43. The molecule has 0 aliphatic rings. The second-order valence-electron chi connectivity index (χ2n) is 3.26. The summed E-state index contributed by atoms with van der Waals surface area (Å²) in [6.07, 6.45) is -4.13. The first-order valence-corrected chi connectivity index (χ1v) is 4.49. The second kappa shape index (κ2) is 4.81. The van der Waals surface area contributed by atoms with Crippen LogP contribution in [0.3, 0.4) is 0 Å². The Morgan fingerprint density at radius 2 is 1.53 bits per heavy atom. The van der Waals surface area contributed by atoms with E-state index in [1.165, 1.54) is 6.07 Å². The predicted molar refractivity (Wildman–Crippen MR) is 53.3 cm³/mol. The van der Waals surface area contributed by atoms with Gasteiger partial charge in [-0.05, 0) is 6.07 Å². The largest absolute Gasteiger partial charge is 0.508 e. The van der Waals surface area contributed by atoms with Gasteiger partial charge in [0.15, 0.2) is 12.2 Å². The molecule has 0 radical (unpaired) electrons. The molecule has 7 nitrogen and oxygen atoms in total. The van der Waals surface area contributed by atoms with E-state index in [0.717, 1.165) is 12.1 Å². The topological polar surface area (TPSA) is 135 Å². The SMILES string of the molecule is O=C(O)C(O)c1cccc(O)c1C(O)C(=O)O. The third-order valence-electron chi connectivity index (χ3n) is 2.15. The van der Waals surface area contributed by atoms with E-state index >= 15 is 0 Å². The molecule has 0 aromatic heterocycles. The zero-order valence-corrected chi connectivity index (χ0v) is 8.44. The van der Waals surface area contributed by atoms with Crippen molar-refractivity contribution in [2.24, 2.45) is 0 Å². The van der Waals surface area contributed by atoms with E-state index in [9.17, 15) is 24.9 Å². The average Bonchev–Trinajstić information content (AvgIpc) is 2.26. The first-order chi connectivity index (χ1) is 7.86. The molecule has 92 valence electrons. The van der Waals surface area contributed by atoms with E-state index in [4.69, 9.17) is 10.2 Å². The van der Waals surface area contributed by atoms with Crippen molar-refractivity contribution in [1.29, 1.82) is 0 Å². The smallest absolute Gasteiger partial charge is 0.337 e. The van der Waals surface area contributed by atoms with Gasteiger partial charge in [-0.1, -0.05) is 12.1 Å². The number of hydrogen-bond donors (Lipinski definition) is 5.